The van der Waals surface area contributed by atoms with Crippen molar-refractivity contribution in [1.29, 1.82) is 0 Å². The lowest BCUT2D eigenvalue weighted by Gasteiger charge is -2.09. The van der Waals surface area contributed by atoms with E-state index in [0.29, 0.717) is 16.7 Å². The number of esters is 2. The van der Waals surface area contributed by atoms with Crippen LogP contribution < -0.4 is 0 Å². The fraction of sp³-hybridized carbons (Fsp3) is 0.385. The van der Waals surface area contributed by atoms with Gasteiger partial charge in [-0.25, -0.2) is 9.59 Å². The molecule has 0 radical (unpaired) electrons. The van der Waals surface area contributed by atoms with Gasteiger partial charge in [-0.05, 0) is 44.5 Å². The first-order chi connectivity index (χ1) is 7.95. The molecule has 0 aliphatic carbocycles. The smallest absolute Gasteiger partial charge is 0.338 e. The van der Waals surface area contributed by atoms with Crippen LogP contribution in [-0.2, 0) is 9.47 Å². The van der Waals surface area contributed by atoms with Crippen LogP contribution in [0.4, 0.5) is 0 Å². The largest absolute Gasteiger partial charge is 0.465 e. The van der Waals surface area contributed by atoms with E-state index in [0.717, 1.165) is 0 Å². The highest BCUT2D eigenvalue weighted by Gasteiger charge is 2.14. The Morgan fingerprint density at radius 3 is 2.29 bits per heavy atom. The molecule has 0 saturated carbocycles. The molecule has 0 bridgehead atoms. The molecule has 0 N–H and O–H groups in total. The molecule has 92 valence electrons. The fourth-order valence-corrected chi connectivity index (χ4v) is 1.41. The van der Waals surface area contributed by atoms with Gasteiger partial charge in [0.2, 0.25) is 0 Å². The molecule has 0 saturated heterocycles. The molecule has 0 aliphatic rings. The van der Waals surface area contributed by atoms with Crippen LogP contribution in [0.15, 0.2) is 18.2 Å². The second kappa shape index (κ2) is 5.48. The van der Waals surface area contributed by atoms with E-state index in [1.165, 1.54) is 7.11 Å². The molecule has 1 aromatic rings. The van der Waals surface area contributed by atoms with E-state index in [1.54, 1.807) is 39.0 Å². The summed E-state index contributed by atoms with van der Waals surface area (Å²) in [4.78, 5) is 23.0. The minimum Gasteiger partial charge on any atom is -0.465 e. The summed E-state index contributed by atoms with van der Waals surface area (Å²) in [5.74, 6) is -0.800. The quantitative estimate of drug-likeness (QED) is 0.756. The van der Waals surface area contributed by atoms with E-state index < -0.39 is 5.97 Å². The van der Waals surface area contributed by atoms with Crippen LogP contribution in [0, 0.1) is 6.92 Å². The van der Waals surface area contributed by atoms with Gasteiger partial charge in [-0.2, -0.15) is 0 Å². The maximum absolute atomic E-state index is 11.6. The average molecular weight is 236 g/mol. The lowest BCUT2D eigenvalue weighted by atomic mass is 10.1. The zero-order chi connectivity index (χ0) is 13.0. The fourth-order valence-electron chi connectivity index (χ4n) is 1.41. The van der Waals surface area contributed by atoms with Gasteiger partial charge in [0, 0.05) is 0 Å². The molecule has 0 amide bonds. The van der Waals surface area contributed by atoms with Crippen molar-refractivity contribution in [2.45, 2.75) is 26.9 Å². The maximum Gasteiger partial charge on any atom is 0.338 e. The van der Waals surface area contributed by atoms with Crippen molar-refractivity contribution in [3.8, 4) is 0 Å². The molecule has 1 rings (SSSR count). The second-order valence-corrected chi connectivity index (χ2v) is 3.98. The van der Waals surface area contributed by atoms with Gasteiger partial charge in [-0.3, -0.25) is 0 Å². The first kappa shape index (κ1) is 13.2. The van der Waals surface area contributed by atoms with E-state index in [1.807, 2.05) is 0 Å². The highest BCUT2D eigenvalue weighted by Crippen LogP contribution is 2.13. The third-order valence-electron chi connectivity index (χ3n) is 2.21. The summed E-state index contributed by atoms with van der Waals surface area (Å²) in [5, 5.41) is 0. The van der Waals surface area contributed by atoms with Crippen molar-refractivity contribution in [3.63, 3.8) is 0 Å². The summed E-state index contributed by atoms with van der Waals surface area (Å²) in [6.07, 6.45) is -0.164. The van der Waals surface area contributed by atoms with Crippen molar-refractivity contribution in [2.75, 3.05) is 7.11 Å². The minimum atomic E-state index is -0.411. The number of benzene rings is 1. The Labute approximate surface area is 101 Å². The molecule has 0 heterocycles. The number of carbonyl (C=O) groups is 2. The molecule has 0 spiro atoms. The zero-order valence-corrected chi connectivity index (χ0v) is 10.4. The van der Waals surface area contributed by atoms with Gasteiger partial charge in [-0.1, -0.05) is 0 Å². The van der Waals surface area contributed by atoms with Crippen LogP contribution in [-0.4, -0.2) is 25.2 Å². The molecule has 0 atom stereocenters. The Balaban J connectivity index is 2.96. The minimum absolute atomic E-state index is 0.164. The number of hydrogen-bond acceptors (Lipinski definition) is 4. The van der Waals surface area contributed by atoms with Crippen LogP contribution in [0.1, 0.15) is 40.1 Å². The van der Waals surface area contributed by atoms with Crippen molar-refractivity contribution >= 4 is 11.9 Å². The van der Waals surface area contributed by atoms with E-state index in [-0.39, 0.29) is 12.1 Å². The Kier molecular flexibility index (Phi) is 4.26. The monoisotopic (exact) mass is 236 g/mol. The van der Waals surface area contributed by atoms with Gasteiger partial charge in [0.15, 0.2) is 0 Å². The highest BCUT2D eigenvalue weighted by atomic mass is 16.5. The summed E-state index contributed by atoms with van der Waals surface area (Å²) < 4.78 is 9.69. The number of rotatable bonds is 3. The Hall–Kier alpha value is -1.84. The predicted octanol–water partition coefficient (Wildman–Crippen LogP) is 2.35. The van der Waals surface area contributed by atoms with E-state index >= 15 is 0 Å². The van der Waals surface area contributed by atoms with Crippen LogP contribution in [0.2, 0.25) is 0 Å². The molecule has 1 aromatic carbocycles. The standard InChI is InChI=1S/C13H16O4/c1-8(2)17-12(14)10-5-6-11(9(3)7-10)13(15)16-4/h5-8H,1-4H3. The van der Waals surface area contributed by atoms with E-state index in [9.17, 15) is 9.59 Å². The molecule has 0 unspecified atom stereocenters. The lowest BCUT2D eigenvalue weighted by Crippen LogP contribution is -2.12. The van der Waals surface area contributed by atoms with Crippen molar-refractivity contribution in [2.24, 2.45) is 0 Å². The summed E-state index contributed by atoms with van der Waals surface area (Å²) in [7, 11) is 1.32. The summed E-state index contributed by atoms with van der Waals surface area (Å²) in [5.41, 5.74) is 1.58. The van der Waals surface area contributed by atoms with Crippen LogP contribution in [0.25, 0.3) is 0 Å². The second-order valence-electron chi connectivity index (χ2n) is 3.98. The van der Waals surface area contributed by atoms with Crippen LogP contribution >= 0.6 is 0 Å². The third kappa shape index (κ3) is 3.31. The third-order valence-corrected chi connectivity index (χ3v) is 2.21. The predicted molar refractivity (Wildman–Crippen MR) is 63.1 cm³/mol. The summed E-state index contributed by atoms with van der Waals surface area (Å²) in [6, 6.07) is 4.75. The van der Waals surface area contributed by atoms with Gasteiger partial charge in [0.05, 0.1) is 24.3 Å². The first-order valence-corrected chi connectivity index (χ1v) is 5.35. The molecule has 0 aliphatic heterocycles. The summed E-state index contributed by atoms with van der Waals surface area (Å²) in [6.45, 7) is 5.32. The molecule has 0 aromatic heterocycles. The van der Waals surface area contributed by atoms with Crippen molar-refractivity contribution < 1.29 is 19.1 Å². The molecular formula is C13H16O4. The zero-order valence-electron chi connectivity index (χ0n) is 10.4. The van der Waals surface area contributed by atoms with Gasteiger partial charge in [0.1, 0.15) is 0 Å². The average Bonchev–Trinajstić information content (AvgIpc) is 2.27. The number of ether oxygens (including phenoxy) is 2. The SMILES string of the molecule is COC(=O)c1ccc(C(=O)OC(C)C)cc1C. The number of methoxy groups -OCH3 is 1. The molecule has 0 fully saturated rings. The van der Waals surface area contributed by atoms with Crippen molar-refractivity contribution in [3.05, 3.63) is 34.9 Å². The first-order valence-electron chi connectivity index (χ1n) is 5.35. The van der Waals surface area contributed by atoms with Crippen molar-refractivity contribution in [1.82, 2.24) is 0 Å². The summed E-state index contributed by atoms with van der Waals surface area (Å²) >= 11 is 0. The van der Waals surface area contributed by atoms with Gasteiger partial charge in [-0.15, -0.1) is 0 Å². The van der Waals surface area contributed by atoms with Gasteiger partial charge >= 0.3 is 11.9 Å². The Morgan fingerprint density at radius 2 is 1.82 bits per heavy atom. The van der Waals surface area contributed by atoms with E-state index in [4.69, 9.17) is 4.74 Å². The normalized spacial score (nSPS) is 10.2. The maximum atomic E-state index is 11.6. The number of hydrogen-bond donors (Lipinski definition) is 0. The van der Waals surface area contributed by atoms with Crippen LogP contribution in [0.3, 0.4) is 0 Å². The number of carbonyl (C=O) groups excluding carboxylic acids is 2. The lowest BCUT2D eigenvalue weighted by molar-refractivity contribution is 0.0377. The molecule has 4 nitrogen and oxygen atoms in total. The Morgan fingerprint density at radius 1 is 1.18 bits per heavy atom. The Bertz CT molecular complexity index is 435. The number of aryl methyl sites for hydroxylation is 1. The van der Waals surface area contributed by atoms with Gasteiger partial charge < -0.3 is 9.47 Å². The van der Waals surface area contributed by atoms with E-state index in [2.05, 4.69) is 4.74 Å². The highest BCUT2D eigenvalue weighted by molar-refractivity contribution is 5.94. The topological polar surface area (TPSA) is 52.6 Å². The molecule has 4 heteroatoms. The molecule has 17 heavy (non-hydrogen) atoms. The molecular weight excluding hydrogens is 220 g/mol. The van der Waals surface area contributed by atoms with Crippen LogP contribution in [0.5, 0.6) is 0 Å². The van der Waals surface area contributed by atoms with Gasteiger partial charge in [0.25, 0.3) is 0 Å².